The molecule has 8 heteroatoms. The summed E-state index contributed by atoms with van der Waals surface area (Å²) in [6.07, 6.45) is 0. The van der Waals surface area contributed by atoms with Gasteiger partial charge in [0.2, 0.25) is 5.71 Å². The highest BCUT2D eigenvalue weighted by Crippen LogP contribution is 2.11. The van der Waals surface area contributed by atoms with E-state index in [4.69, 9.17) is 10.5 Å². The number of nitrogens with one attached hydrogen (secondary N) is 2. The van der Waals surface area contributed by atoms with Crippen LogP contribution in [0.4, 0.5) is 11.4 Å². The Bertz CT molecular complexity index is 522. The Morgan fingerprint density at radius 1 is 1.68 bits per heavy atom. The van der Waals surface area contributed by atoms with Crippen molar-refractivity contribution in [2.75, 3.05) is 12.0 Å². The molecule has 0 aliphatic rings. The van der Waals surface area contributed by atoms with Gasteiger partial charge in [-0.3, -0.25) is 5.43 Å². The Balaban J connectivity index is 2.82. The third-order valence-corrected chi connectivity index (χ3v) is 1.98. The fourth-order valence-electron chi connectivity index (χ4n) is 1.16. The lowest BCUT2D eigenvalue weighted by molar-refractivity contribution is -0.991. The molecule has 1 rings (SSSR count). The number of hydrogen-bond donors (Lipinski definition) is 3. The molecule has 19 heavy (non-hydrogen) atoms. The van der Waals surface area contributed by atoms with Crippen LogP contribution in [0.1, 0.15) is 6.92 Å². The highest BCUT2D eigenvalue weighted by molar-refractivity contribution is 6.43. The minimum absolute atomic E-state index is 0.0647. The van der Waals surface area contributed by atoms with Crippen molar-refractivity contribution in [3.63, 3.8) is 0 Å². The van der Waals surface area contributed by atoms with Crippen molar-refractivity contribution in [2.24, 2.45) is 5.10 Å². The number of rotatable bonds is 5. The minimum Gasteiger partial charge on any atom is -0.595 e. The van der Waals surface area contributed by atoms with E-state index in [1.807, 2.05) is 0 Å². The van der Waals surface area contributed by atoms with Gasteiger partial charge in [-0.1, -0.05) is 6.07 Å². The van der Waals surface area contributed by atoms with E-state index >= 15 is 0 Å². The van der Waals surface area contributed by atoms with Crippen molar-refractivity contribution >= 4 is 23.1 Å². The molecular formula is C11H12N4O4. The van der Waals surface area contributed by atoms with Gasteiger partial charge in [-0.25, -0.2) is 10.0 Å². The van der Waals surface area contributed by atoms with E-state index in [1.54, 1.807) is 19.1 Å². The molecule has 0 spiro atoms. The van der Waals surface area contributed by atoms with Crippen LogP contribution in [-0.2, 0) is 9.53 Å². The molecule has 100 valence electrons. The van der Waals surface area contributed by atoms with Crippen molar-refractivity contribution < 1.29 is 20.0 Å². The summed E-state index contributed by atoms with van der Waals surface area (Å²) in [7, 11) is 0. The van der Waals surface area contributed by atoms with Crippen LogP contribution in [0.2, 0.25) is 0 Å². The predicted molar refractivity (Wildman–Crippen MR) is 65.5 cm³/mol. The number of nitrogens with zero attached hydrogens (tertiary/aromatic N) is 2. The van der Waals surface area contributed by atoms with Gasteiger partial charge in [0, 0.05) is 12.1 Å². The van der Waals surface area contributed by atoms with Crippen LogP contribution in [0.5, 0.6) is 0 Å². The number of carbonyl (C=O) groups excluding carboxylic acids is 1. The van der Waals surface area contributed by atoms with Crippen LogP contribution in [0.3, 0.4) is 0 Å². The first-order valence-electron chi connectivity index (χ1n) is 5.32. The second-order valence-corrected chi connectivity index (χ2v) is 3.29. The Hall–Kier alpha value is -2.47. The molecule has 0 radical (unpaired) electrons. The summed E-state index contributed by atoms with van der Waals surface area (Å²) in [5.41, 5.74) is 2.40. The van der Waals surface area contributed by atoms with E-state index in [9.17, 15) is 10.0 Å². The summed E-state index contributed by atoms with van der Waals surface area (Å²) < 4.78 is 4.62. The zero-order valence-corrected chi connectivity index (χ0v) is 10.1. The van der Waals surface area contributed by atoms with Gasteiger partial charge in [0.15, 0.2) is 5.69 Å². The minimum atomic E-state index is -1.08. The number of anilines is 1. The van der Waals surface area contributed by atoms with E-state index in [0.29, 0.717) is 5.69 Å². The maximum absolute atomic E-state index is 11.3. The molecule has 0 saturated carbocycles. The number of quaternary nitrogens is 1. The van der Waals surface area contributed by atoms with Crippen molar-refractivity contribution in [1.29, 1.82) is 5.26 Å². The summed E-state index contributed by atoms with van der Waals surface area (Å²) >= 11 is 0. The lowest BCUT2D eigenvalue weighted by Crippen LogP contribution is -2.99. The van der Waals surface area contributed by atoms with Crippen LogP contribution >= 0.6 is 0 Å². The highest BCUT2D eigenvalue weighted by atomic mass is 16.8. The third-order valence-electron chi connectivity index (χ3n) is 1.98. The zero-order chi connectivity index (χ0) is 14.3. The predicted octanol–water partition coefficient (Wildman–Crippen LogP) is -0.0554. The Morgan fingerprint density at radius 2 is 2.42 bits per heavy atom. The van der Waals surface area contributed by atoms with Crippen LogP contribution in [0, 0.1) is 16.5 Å². The van der Waals surface area contributed by atoms with Crippen molar-refractivity contribution in [3.8, 4) is 6.07 Å². The van der Waals surface area contributed by atoms with Crippen LogP contribution in [0.25, 0.3) is 0 Å². The van der Waals surface area contributed by atoms with Gasteiger partial charge in [-0.05, 0) is 13.0 Å². The third kappa shape index (κ3) is 4.36. The molecule has 8 nitrogen and oxygen atoms in total. The molecular weight excluding hydrogens is 252 g/mol. The van der Waals surface area contributed by atoms with E-state index in [1.165, 1.54) is 18.2 Å². The number of nitriles is 1. The monoisotopic (exact) mass is 264 g/mol. The fraction of sp³-hybridized carbons (Fsp3) is 0.182. The largest absolute Gasteiger partial charge is 0.595 e. The van der Waals surface area contributed by atoms with Gasteiger partial charge in [0.1, 0.15) is 6.07 Å². The SMILES string of the molecule is CCOC(=O)C(C#N)=NNc1cccc([NH+]([O-])O)c1. The number of carbonyl (C=O) groups is 1. The first kappa shape index (κ1) is 14.6. The van der Waals surface area contributed by atoms with Crippen molar-refractivity contribution in [2.45, 2.75) is 6.92 Å². The number of hydrazone groups is 1. The molecule has 0 aliphatic heterocycles. The molecule has 1 unspecified atom stereocenters. The summed E-state index contributed by atoms with van der Waals surface area (Å²) in [6.45, 7) is 1.74. The van der Waals surface area contributed by atoms with E-state index in [2.05, 4.69) is 15.3 Å². The van der Waals surface area contributed by atoms with Crippen molar-refractivity contribution in [1.82, 2.24) is 0 Å². The molecule has 0 aliphatic carbocycles. The molecule has 3 N–H and O–H groups in total. The summed E-state index contributed by atoms with van der Waals surface area (Å²) in [4.78, 5) is 11.3. The molecule has 0 aromatic heterocycles. The maximum atomic E-state index is 11.3. The molecule has 1 aromatic carbocycles. The lowest BCUT2D eigenvalue weighted by atomic mass is 10.3. The van der Waals surface area contributed by atoms with Crippen LogP contribution in [-0.4, -0.2) is 23.5 Å². The van der Waals surface area contributed by atoms with Gasteiger partial charge in [-0.15, -0.1) is 0 Å². The van der Waals surface area contributed by atoms with E-state index < -0.39 is 16.9 Å². The average Bonchev–Trinajstić information content (AvgIpc) is 2.40. The first-order valence-corrected chi connectivity index (χ1v) is 5.32. The van der Waals surface area contributed by atoms with E-state index in [0.717, 1.165) is 0 Å². The standard InChI is InChI=1S/C11H12N4O4/c1-2-19-11(16)10(7-12)14-13-8-4-3-5-9(6-8)15(17)18/h3-6,13,15,17H,2H2,1H3. The number of ether oxygens (including phenoxy) is 1. The molecule has 1 atom stereocenters. The van der Waals surface area contributed by atoms with Gasteiger partial charge >= 0.3 is 5.97 Å². The number of benzene rings is 1. The normalized spacial score (nSPS) is 12.4. The smallest absolute Gasteiger partial charge is 0.369 e. The first-order chi connectivity index (χ1) is 9.08. The van der Waals surface area contributed by atoms with Gasteiger partial charge < -0.3 is 9.94 Å². The quantitative estimate of drug-likeness (QED) is 0.389. The Kier molecular flexibility index (Phi) is 5.43. The molecule has 0 saturated heterocycles. The number of esters is 1. The van der Waals surface area contributed by atoms with Gasteiger partial charge in [0.05, 0.1) is 12.3 Å². The van der Waals surface area contributed by atoms with Gasteiger partial charge in [-0.2, -0.15) is 15.6 Å². The van der Waals surface area contributed by atoms with Gasteiger partial charge in [0.25, 0.3) is 0 Å². The van der Waals surface area contributed by atoms with E-state index in [-0.39, 0.29) is 12.3 Å². The summed E-state index contributed by atoms with van der Waals surface area (Å²) in [5, 5.41) is 30.8. The Morgan fingerprint density at radius 3 is 3.00 bits per heavy atom. The molecule has 1 aromatic rings. The van der Waals surface area contributed by atoms with Crippen LogP contribution in [0.15, 0.2) is 29.4 Å². The maximum Gasteiger partial charge on any atom is 0.369 e. The molecule has 0 bridgehead atoms. The number of hydrogen-bond acceptors (Lipinski definition) is 7. The molecule has 0 amide bonds. The molecule has 0 fully saturated rings. The van der Waals surface area contributed by atoms with Crippen molar-refractivity contribution in [3.05, 3.63) is 29.5 Å². The average molecular weight is 264 g/mol. The summed E-state index contributed by atoms with van der Waals surface area (Å²) in [6, 6.07) is 7.39. The second kappa shape index (κ2) is 7.07. The second-order valence-electron chi connectivity index (χ2n) is 3.29. The molecule has 0 heterocycles. The van der Waals surface area contributed by atoms with Crippen LogP contribution < -0.4 is 10.7 Å². The topological polar surface area (TPSA) is 122 Å². The fourth-order valence-corrected chi connectivity index (χ4v) is 1.16. The lowest BCUT2D eigenvalue weighted by Gasteiger charge is -2.12. The summed E-state index contributed by atoms with van der Waals surface area (Å²) in [5.74, 6) is -0.841. The zero-order valence-electron chi connectivity index (χ0n) is 10.1. The highest BCUT2D eigenvalue weighted by Gasteiger charge is 2.11. The Labute approximate surface area is 109 Å².